The molecule has 0 saturated carbocycles. The zero-order valence-corrected chi connectivity index (χ0v) is 9.14. The molecule has 3 N–H and O–H groups in total. The number of nitrogens with one attached hydrogen (secondary N) is 1. The van der Waals surface area contributed by atoms with Crippen molar-refractivity contribution in [3.05, 3.63) is 0 Å². The van der Waals surface area contributed by atoms with E-state index in [2.05, 4.69) is 14.6 Å². The van der Waals surface area contributed by atoms with Crippen LogP contribution >= 0.6 is 9.24 Å². The fraction of sp³-hybridized carbons (Fsp3) is 0.750. The van der Waals surface area contributed by atoms with Crippen LogP contribution in [0.15, 0.2) is 0 Å². The lowest BCUT2D eigenvalue weighted by molar-refractivity contribution is -0.123. The van der Waals surface area contributed by atoms with E-state index in [-0.39, 0.29) is 5.91 Å². The van der Waals surface area contributed by atoms with Gasteiger partial charge in [-0.3, -0.25) is 4.79 Å². The van der Waals surface area contributed by atoms with Crippen molar-refractivity contribution in [2.24, 2.45) is 11.7 Å². The maximum Gasteiger partial charge on any atom is 0.241 e. The van der Waals surface area contributed by atoms with E-state index in [0.717, 1.165) is 6.29 Å². The van der Waals surface area contributed by atoms with Crippen molar-refractivity contribution in [1.82, 2.24) is 5.32 Å². The van der Waals surface area contributed by atoms with Crippen molar-refractivity contribution in [1.29, 1.82) is 0 Å². The summed E-state index contributed by atoms with van der Waals surface area (Å²) in [5.74, 6) is -0.589. The van der Waals surface area contributed by atoms with Gasteiger partial charge >= 0.3 is 0 Å². The molecule has 0 rings (SSSR count). The van der Waals surface area contributed by atoms with Gasteiger partial charge in [-0.2, -0.15) is 0 Å². The third kappa shape index (κ3) is 5.72. The maximum atomic E-state index is 11.1. The normalized spacial score (nSPS) is 15.2. The average molecular weight is 204 g/mol. The van der Waals surface area contributed by atoms with E-state index in [4.69, 9.17) is 5.73 Å². The van der Waals surface area contributed by atoms with Crippen molar-refractivity contribution in [3.63, 3.8) is 0 Å². The molecule has 4 nitrogen and oxygen atoms in total. The lowest BCUT2D eigenvalue weighted by Gasteiger charge is -2.15. The van der Waals surface area contributed by atoms with Gasteiger partial charge < -0.3 is 15.8 Å². The summed E-state index contributed by atoms with van der Waals surface area (Å²) < 4.78 is 0. The number of hydrogen-bond acceptors (Lipinski definition) is 3. The third-order valence-corrected chi connectivity index (χ3v) is 1.82. The van der Waals surface area contributed by atoms with E-state index < -0.39 is 11.8 Å². The molecule has 0 radical (unpaired) electrons. The Morgan fingerprint density at radius 3 is 2.46 bits per heavy atom. The number of amides is 1. The summed E-state index contributed by atoms with van der Waals surface area (Å²) >= 11 is 0. The highest BCUT2D eigenvalue weighted by Gasteiger charge is 2.14. The fourth-order valence-corrected chi connectivity index (χ4v) is 1.03. The van der Waals surface area contributed by atoms with E-state index in [9.17, 15) is 9.59 Å². The van der Waals surface area contributed by atoms with Crippen LogP contribution in [-0.4, -0.2) is 24.0 Å². The van der Waals surface area contributed by atoms with Crippen molar-refractivity contribution >= 4 is 21.4 Å². The Hall–Kier alpha value is -0.470. The smallest absolute Gasteiger partial charge is 0.241 e. The van der Waals surface area contributed by atoms with Crippen LogP contribution in [0.4, 0.5) is 0 Å². The summed E-state index contributed by atoms with van der Waals surface area (Å²) in [7, 11) is 2.18. The van der Waals surface area contributed by atoms with E-state index in [1.54, 1.807) is 0 Å². The molecule has 5 heteroatoms. The maximum absolute atomic E-state index is 11.1. The Morgan fingerprint density at radius 1 is 1.62 bits per heavy atom. The van der Waals surface area contributed by atoms with Crippen LogP contribution in [0, 0.1) is 5.92 Å². The quantitative estimate of drug-likeness (QED) is 0.484. The second-order valence-electron chi connectivity index (χ2n) is 3.41. The standard InChI is InChI=1S/C8H17N2O2P/c1-5(2)3-6(4-11)10-8(12)7(9)13/h4-7H,3,9,13H2,1-2H3,(H,10,12)/t6?,7-/m0/s1. The van der Waals surface area contributed by atoms with Gasteiger partial charge in [-0.15, -0.1) is 9.24 Å². The number of carbonyl (C=O) groups is 2. The highest BCUT2D eigenvalue weighted by atomic mass is 31.0. The van der Waals surface area contributed by atoms with Crippen molar-refractivity contribution in [2.45, 2.75) is 32.1 Å². The van der Waals surface area contributed by atoms with Crippen LogP contribution in [-0.2, 0) is 9.59 Å². The van der Waals surface area contributed by atoms with Crippen molar-refractivity contribution in [2.75, 3.05) is 0 Å². The summed E-state index contributed by atoms with van der Waals surface area (Å²) in [6, 6.07) is -0.418. The second kappa shape index (κ2) is 6.06. The number of carbonyl (C=O) groups excluding carboxylic acids is 2. The van der Waals surface area contributed by atoms with Gasteiger partial charge in [-0.25, -0.2) is 0 Å². The molecule has 13 heavy (non-hydrogen) atoms. The molecule has 0 aliphatic carbocycles. The van der Waals surface area contributed by atoms with Gasteiger partial charge in [0.05, 0.1) is 11.8 Å². The average Bonchev–Trinajstić information content (AvgIpc) is 2.02. The Labute approximate surface area is 80.8 Å². The van der Waals surface area contributed by atoms with Crippen molar-refractivity contribution < 1.29 is 9.59 Å². The lowest BCUT2D eigenvalue weighted by Crippen LogP contribution is -2.43. The molecule has 2 unspecified atom stereocenters. The molecule has 76 valence electrons. The first-order chi connectivity index (χ1) is 5.97. The van der Waals surface area contributed by atoms with Crippen LogP contribution in [0.2, 0.25) is 0 Å². The van der Waals surface area contributed by atoms with E-state index in [1.165, 1.54) is 0 Å². The molecule has 0 aromatic carbocycles. The Kier molecular flexibility index (Phi) is 5.84. The predicted octanol–water partition coefficient (Wildman–Crippen LogP) is -0.124. The molecule has 0 heterocycles. The molecule has 0 fully saturated rings. The van der Waals surface area contributed by atoms with E-state index >= 15 is 0 Å². The predicted molar refractivity (Wildman–Crippen MR) is 55.1 cm³/mol. The lowest BCUT2D eigenvalue weighted by atomic mass is 10.1. The number of rotatable bonds is 5. The summed E-state index contributed by atoms with van der Waals surface area (Å²) in [4.78, 5) is 21.6. The minimum absolute atomic E-state index is 0.317. The van der Waals surface area contributed by atoms with Gasteiger partial charge in [-0.05, 0) is 12.3 Å². The van der Waals surface area contributed by atoms with Gasteiger partial charge in [0.1, 0.15) is 6.29 Å². The molecule has 0 aromatic heterocycles. The monoisotopic (exact) mass is 204 g/mol. The Bertz CT molecular complexity index is 183. The van der Waals surface area contributed by atoms with Gasteiger partial charge in [0.15, 0.2) is 0 Å². The highest BCUT2D eigenvalue weighted by molar-refractivity contribution is 7.19. The van der Waals surface area contributed by atoms with Gasteiger partial charge in [0, 0.05) is 0 Å². The van der Waals surface area contributed by atoms with Gasteiger partial charge in [-0.1, -0.05) is 13.8 Å². The van der Waals surface area contributed by atoms with Crippen LogP contribution in [0.1, 0.15) is 20.3 Å². The molecular formula is C8H17N2O2P. The second-order valence-corrected chi connectivity index (χ2v) is 4.12. The van der Waals surface area contributed by atoms with Crippen LogP contribution in [0.3, 0.4) is 0 Å². The van der Waals surface area contributed by atoms with E-state index in [0.29, 0.717) is 12.3 Å². The summed E-state index contributed by atoms with van der Waals surface area (Å²) in [6.07, 6.45) is 1.39. The topological polar surface area (TPSA) is 72.2 Å². The summed E-state index contributed by atoms with van der Waals surface area (Å²) in [6.45, 7) is 3.98. The molecule has 0 saturated heterocycles. The van der Waals surface area contributed by atoms with E-state index in [1.807, 2.05) is 13.8 Å². The van der Waals surface area contributed by atoms with Crippen LogP contribution in [0.25, 0.3) is 0 Å². The van der Waals surface area contributed by atoms with Gasteiger partial charge in [0.2, 0.25) is 5.91 Å². The molecule has 0 aromatic rings. The minimum Gasteiger partial charge on any atom is -0.345 e. The Balaban J connectivity index is 3.98. The molecule has 1 amide bonds. The molecule has 0 aliphatic heterocycles. The largest absolute Gasteiger partial charge is 0.345 e. The third-order valence-electron chi connectivity index (χ3n) is 1.52. The fourth-order valence-electron chi connectivity index (χ4n) is 0.935. The molecule has 0 bridgehead atoms. The number of hydrogen-bond donors (Lipinski definition) is 2. The highest BCUT2D eigenvalue weighted by Crippen LogP contribution is 2.03. The van der Waals surface area contributed by atoms with Crippen LogP contribution in [0.5, 0.6) is 0 Å². The Morgan fingerprint density at radius 2 is 2.15 bits per heavy atom. The van der Waals surface area contributed by atoms with Crippen LogP contribution < -0.4 is 11.1 Å². The number of nitrogens with two attached hydrogens (primary N) is 1. The zero-order valence-electron chi connectivity index (χ0n) is 7.99. The zero-order chi connectivity index (χ0) is 10.4. The minimum atomic E-state index is -0.644. The first-order valence-electron chi connectivity index (χ1n) is 4.24. The molecule has 0 spiro atoms. The van der Waals surface area contributed by atoms with Gasteiger partial charge in [0.25, 0.3) is 0 Å². The molecule has 3 atom stereocenters. The van der Waals surface area contributed by atoms with Crippen molar-refractivity contribution in [3.8, 4) is 0 Å². The summed E-state index contributed by atoms with van der Waals surface area (Å²) in [5.41, 5.74) is 5.30. The summed E-state index contributed by atoms with van der Waals surface area (Å²) in [5, 5.41) is 2.54. The first-order valence-corrected chi connectivity index (χ1v) is 4.91. The SMILES string of the molecule is CC(C)CC(C=O)NC(=O)[C@@H](N)P. The molecule has 0 aliphatic rings. The number of aldehydes is 1. The molecular weight excluding hydrogens is 187 g/mol. The first kappa shape index (κ1) is 12.5.